The highest BCUT2D eigenvalue weighted by molar-refractivity contribution is 5.91. The van der Waals surface area contributed by atoms with Gasteiger partial charge in [0.2, 0.25) is 5.91 Å². The molecule has 0 fully saturated rings. The molecule has 1 rings (SSSR count). The Hall–Kier alpha value is -1.77. The van der Waals surface area contributed by atoms with E-state index < -0.39 is 0 Å². The molecule has 0 saturated heterocycles. The van der Waals surface area contributed by atoms with Gasteiger partial charge in [0, 0.05) is 24.4 Å². The zero-order chi connectivity index (χ0) is 19.0. The van der Waals surface area contributed by atoms with E-state index in [1.54, 1.807) is 6.92 Å². The van der Waals surface area contributed by atoms with E-state index in [1.165, 1.54) is 64.2 Å². The van der Waals surface area contributed by atoms with Crippen molar-refractivity contribution in [3.63, 3.8) is 0 Å². The predicted molar refractivity (Wildman–Crippen MR) is 113 cm³/mol. The van der Waals surface area contributed by atoms with Crippen molar-refractivity contribution in [3.05, 3.63) is 42.0 Å². The van der Waals surface area contributed by atoms with E-state index in [9.17, 15) is 4.79 Å². The third-order valence-corrected chi connectivity index (χ3v) is 4.65. The summed E-state index contributed by atoms with van der Waals surface area (Å²) in [7, 11) is 0. The SMILES string of the molecule is C=C(C)C(=O)NCc1ccc(NCCCCCCCCCCCC)cc1. The fourth-order valence-corrected chi connectivity index (χ4v) is 2.92. The van der Waals surface area contributed by atoms with Crippen molar-refractivity contribution in [1.82, 2.24) is 5.32 Å². The summed E-state index contributed by atoms with van der Waals surface area (Å²) < 4.78 is 0. The summed E-state index contributed by atoms with van der Waals surface area (Å²) in [6, 6.07) is 8.27. The summed E-state index contributed by atoms with van der Waals surface area (Å²) in [6.07, 6.45) is 13.7. The molecule has 3 nitrogen and oxygen atoms in total. The maximum Gasteiger partial charge on any atom is 0.246 e. The highest BCUT2D eigenvalue weighted by atomic mass is 16.1. The lowest BCUT2D eigenvalue weighted by Gasteiger charge is -2.09. The van der Waals surface area contributed by atoms with Gasteiger partial charge in [0.1, 0.15) is 0 Å². The van der Waals surface area contributed by atoms with Crippen LogP contribution in [0.3, 0.4) is 0 Å². The normalized spacial score (nSPS) is 10.5. The van der Waals surface area contributed by atoms with Gasteiger partial charge in [0.15, 0.2) is 0 Å². The quantitative estimate of drug-likeness (QED) is 0.289. The highest BCUT2D eigenvalue weighted by Gasteiger charge is 2.01. The molecule has 1 amide bonds. The van der Waals surface area contributed by atoms with Crippen LogP contribution in [-0.2, 0) is 11.3 Å². The number of carbonyl (C=O) groups excluding carboxylic acids is 1. The Balaban J connectivity index is 2.02. The minimum Gasteiger partial charge on any atom is -0.385 e. The summed E-state index contributed by atoms with van der Waals surface area (Å²) in [5, 5.41) is 6.33. The van der Waals surface area contributed by atoms with Crippen LogP contribution in [0.25, 0.3) is 0 Å². The van der Waals surface area contributed by atoms with Gasteiger partial charge in [-0.2, -0.15) is 0 Å². The molecule has 3 heteroatoms. The molecular weight excluding hydrogens is 320 g/mol. The molecule has 1 aromatic carbocycles. The largest absolute Gasteiger partial charge is 0.385 e. The first-order chi connectivity index (χ1) is 12.6. The number of hydrogen-bond acceptors (Lipinski definition) is 2. The average molecular weight is 359 g/mol. The summed E-state index contributed by atoms with van der Waals surface area (Å²) in [5.41, 5.74) is 2.79. The first kappa shape index (κ1) is 22.3. The standard InChI is InChI=1S/C23H38N2O/c1-4-5-6-7-8-9-10-11-12-13-18-24-22-16-14-21(15-17-22)19-25-23(26)20(2)3/h14-17,24H,2,4-13,18-19H2,1,3H3,(H,25,26). The van der Waals surface area contributed by atoms with Crippen molar-refractivity contribution in [3.8, 4) is 0 Å². The number of unbranched alkanes of at least 4 members (excludes halogenated alkanes) is 9. The number of benzene rings is 1. The van der Waals surface area contributed by atoms with Gasteiger partial charge in [-0.1, -0.05) is 83.4 Å². The molecule has 0 heterocycles. The Morgan fingerprint density at radius 1 is 0.885 bits per heavy atom. The Kier molecular flexibility index (Phi) is 12.3. The van der Waals surface area contributed by atoms with Gasteiger partial charge in [-0.05, 0) is 31.0 Å². The molecule has 2 N–H and O–H groups in total. The monoisotopic (exact) mass is 358 g/mol. The van der Waals surface area contributed by atoms with Crippen molar-refractivity contribution in [2.24, 2.45) is 0 Å². The van der Waals surface area contributed by atoms with E-state index in [-0.39, 0.29) is 5.91 Å². The number of nitrogens with one attached hydrogen (secondary N) is 2. The van der Waals surface area contributed by atoms with Gasteiger partial charge in [-0.25, -0.2) is 0 Å². The van der Waals surface area contributed by atoms with Crippen molar-refractivity contribution < 1.29 is 4.79 Å². The topological polar surface area (TPSA) is 41.1 Å². The van der Waals surface area contributed by atoms with Crippen molar-refractivity contribution in [2.45, 2.75) is 84.6 Å². The van der Waals surface area contributed by atoms with Gasteiger partial charge < -0.3 is 10.6 Å². The summed E-state index contributed by atoms with van der Waals surface area (Å²) in [4.78, 5) is 11.5. The molecule has 26 heavy (non-hydrogen) atoms. The molecular formula is C23H38N2O. The van der Waals surface area contributed by atoms with E-state index >= 15 is 0 Å². The molecule has 0 atom stereocenters. The zero-order valence-corrected chi connectivity index (χ0v) is 16.9. The van der Waals surface area contributed by atoms with Gasteiger partial charge in [-0.3, -0.25) is 4.79 Å². The van der Waals surface area contributed by atoms with Crippen molar-refractivity contribution >= 4 is 11.6 Å². The fraction of sp³-hybridized carbons (Fsp3) is 0.609. The van der Waals surface area contributed by atoms with E-state index in [1.807, 2.05) is 0 Å². The van der Waals surface area contributed by atoms with Crippen LogP contribution in [0.2, 0.25) is 0 Å². The molecule has 0 bridgehead atoms. The van der Waals surface area contributed by atoms with Crippen LogP contribution in [0, 0.1) is 0 Å². The Labute approximate surface area is 160 Å². The minimum absolute atomic E-state index is 0.0897. The molecule has 0 spiro atoms. The third kappa shape index (κ3) is 11.0. The van der Waals surface area contributed by atoms with Crippen LogP contribution in [0.5, 0.6) is 0 Å². The molecule has 1 aromatic rings. The number of hydrogen-bond donors (Lipinski definition) is 2. The maximum absolute atomic E-state index is 11.5. The zero-order valence-electron chi connectivity index (χ0n) is 16.9. The van der Waals surface area contributed by atoms with Gasteiger partial charge >= 0.3 is 0 Å². The highest BCUT2D eigenvalue weighted by Crippen LogP contribution is 2.12. The summed E-state index contributed by atoms with van der Waals surface area (Å²) in [5.74, 6) is -0.0897. The maximum atomic E-state index is 11.5. The van der Waals surface area contributed by atoms with E-state index in [0.717, 1.165) is 17.8 Å². The number of rotatable bonds is 15. The first-order valence-corrected chi connectivity index (χ1v) is 10.4. The minimum atomic E-state index is -0.0897. The lowest BCUT2D eigenvalue weighted by atomic mass is 10.1. The predicted octanol–water partition coefficient (Wildman–Crippen LogP) is 6.21. The average Bonchev–Trinajstić information content (AvgIpc) is 2.65. The first-order valence-electron chi connectivity index (χ1n) is 10.4. The van der Waals surface area contributed by atoms with Crippen LogP contribution < -0.4 is 10.6 Å². The molecule has 0 aliphatic carbocycles. The molecule has 146 valence electrons. The smallest absolute Gasteiger partial charge is 0.246 e. The van der Waals surface area contributed by atoms with Gasteiger partial charge in [-0.15, -0.1) is 0 Å². The molecule has 0 saturated carbocycles. The lowest BCUT2D eigenvalue weighted by molar-refractivity contribution is -0.117. The number of anilines is 1. The number of amides is 1. The fourth-order valence-electron chi connectivity index (χ4n) is 2.92. The summed E-state index contributed by atoms with van der Waals surface area (Å²) in [6.45, 7) is 9.20. The van der Waals surface area contributed by atoms with Crippen LogP contribution in [0.1, 0.15) is 83.6 Å². The Morgan fingerprint density at radius 2 is 1.42 bits per heavy atom. The molecule has 0 aromatic heterocycles. The Morgan fingerprint density at radius 3 is 1.96 bits per heavy atom. The van der Waals surface area contributed by atoms with E-state index in [2.05, 4.69) is 48.4 Å². The van der Waals surface area contributed by atoms with E-state index in [4.69, 9.17) is 0 Å². The Bertz CT molecular complexity index is 507. The van der Waals surface area contributed by atoms with Crippen LogP contribution in [-0.4, -0.2) is 12.5 Å². The number of carbonyl (C=O) groups is 1. The van der Waals surface area contributed by atoms with Crippen molar-refractivity contribution in [1.29, 1.82) is 0 Å². The third-order valence-electron chi connectivity index (χ3n) is 4.65. The van der Waals surface area contributed by atoms with Crippen LogP contribution >= 0.6 is 0 Å². The van der Waals surface area contributed by atoms with E-state index in [0.29, 0.717) is 12.1 Å². The van der Waals surface area contributed by atoms with Gasteiger partial charge in [0.25, 0.3) is 0 Å². The molecule has 0 aliphatic heterocycles. The van der Waals surface area contributed by atoms with Gasteiger partial charge in [0.05, 0.1) is 0 Å². The summed E-state index contributed by atoms with van der Waals surface area (Å²) >= 11 is 0. The molecule has 0 radical (unpaired) electrons. The second-order valence-electron chi connectivity index (χ2n) is 7.27. The molecule has 0 unspecified atom stereocenters. The second kappa shape index (κ2) is 14.4. The lowest BCUT2D eigenvalue weighted by Crippen LogP contribution is -2.22. The van der Waals surface area contributed by atoms with Crippen LogP contribution in [0.4, 0.5) is 5.69 Å². The van der Waals surface area contributed by atoms with Crippen molar-refractivity contribution in [2.75, 3.05) is 11.9 Å². The second-order valence-corrected chi connectivity index (χ2v) is 7.27. The molecule has 0 aliphatic rings. The van der Waals surface area contributed by atoms with Crippen LogP contribution in [0.15, 0.2) is 36.4 Å².